The maximum Gasteiger partial charge on any atom is 0.185 e. The smallest absolute Gasteiger partial charge is 0.185 e. The van der Waals surface area contributed by atoms with Gasteiger partial charge in [0.2, 0.25) is 0 Å². The summed E-state index contributed by atoms with van der Waals surface area (Å²) in [5.74, 6) is 2.01. The van der Waals surface area contributed by atoms with Crippen LogP contribution < -0.4 is 5.32 Å². The van der Waals surface area contributed by atoms with Gasteiger partial charge in [0.05, 0.1) is 11.7 Å². The molecule has 1 N–H and O–H groups in total. The molecule has 7 nitrogen and oxygen atoms in total. The molecule has 0 aliphatic heterocycles. The molecular weight excluding hydrogens is 387 g/mol. The Labute approximate surface area is 165 Å². The van der Waals surface area contributed by atoms with Crippen molar-refractivity contribution in [1.29, 1.82) is 0 Å². The van der Waals surface area contributed by atoms with Gasteiger partial charge in [0, 0.05) is 21.2 Å². The van der Waals surface area contributed by atoms with Crippen molar-refractivity contribution in [1.82, 2.24) is 25.0 Å². The summed E-state index contributed by atoms with van der Waals surface area (Å²) < 4.78 is 6.91. The molecule has 3 heterocycles. The summed E-state index contributed by atoms with van der Waals surface area (Å²) in [4.78, 5) is 0. The summed E-state index contributed by atoms with van der Waals surface area (Å²) in [6, 6.07) is 8.89. The molecule has 1 atom stereocenters. The van der Waals surface area contributed by atoms with Crippen molar-refractivity contribution in [2.24, 2.45) is 0 Å². The first-order valence-electron chi connectivity index (χ1n) is 8.30. The fourth-order valence-corrected chi connectivity index (χ4v) is 3.66. The topological polar surface area (TPSA) is 81.1 Å². The van der Waals surface area contributed by atoms with Crippen molar-refractivity contribution in [2.75, 3.05) is 5.32 Å². The molecule has 4 rings (SSSR count). The lowest BCUT2D eigenvalue weighted by molar-refractivity contribution is 0.392. The highest BCUT2D eigenvalue weighted by atomic mass is 35.5. The second-order valence-electron chi connectivity index (χ2n) is 6.27. The SMILES string of the molecule is Cc1noc(C)c1C(C)Nc1ccc2nnc(-c3cc(Cl)cc(Cl)c3)n2n1. The first-order chi connectivity index (χ1) is 12.9. The van der Waals surface area contributed by atoms with Crippen LogP contribution in [0.25, 0.3) is 17.0 Å². The van der Waals surface area contributed by atoms with Crippen molar-refractivity contribution in [3.63, 3.8) is 0 Å². The molecule has 0 amide bonds. The monoisotopic (exact) mass is 402 g/mol. The highest BCUT2D eigenvalue weighted by Crippen LogP contribution is 2.27. The van der Waals surface area contributed by atoms with Gasteiger partial charge in [-0.05, 0) is 51.1 Å². The summed E-state index contributed by atoms with van der Waals surface area (Å²) in [5, 5.41) is 21.4. The fourth-order valence-electron chi connectivity index (χ4n) is 3.13. The molecule has 1 unspecified atom stereocenters. The minimum absolute atomic E-state index is 0.0262. The van der Waals surface area contributed by atoms with Gasteiger partial charge < -0.3 is 9.84 Å². The van der Waals surface area contributed by atoms with Gasteiger partial charge in [-0.3, -0.25) is 0 Å². The second kappa shape index (κ2) is 6.83. The molecule has 0 aliphatic carbocycles. The van der Waals surface area contributed by atoms with Gasteiger partial charge in [0.1, 0.15) is 11.6 Å². The van der Waals surface area contributed by atoms with Crippen LogP contribution in [0, 0.1) is 13.8 Å². The van der Waals surface area contributed by atoms with E-state index in [9.17, 15) is 0 Å². The van der Waals surface area contributed by atoms with Crippen molar-refractivity contribution in [2.45, 2.75) is 26.8 Å². The predicted molar refractivity (Wildman–Crippen MR) is 104 cm³/mol. The quantitative estimate of drug-likeness (QED) is 0.523. The Hall–Kier alpha value is -2.64. The molecule has 1 aromatic carbocycles. The minimum atomic E-state index is -0.0262. The number of halogens is 2. The van der Waals surface area contributed by atoms with Crippen molar-refractivity contribution < 1.29 is 4.52 Å². The predicted octanol–water partition coefficient (Wildman–Crippen LogP) is 4.88. The first-order valence-corrected chi connectivity index (χ1v) is 9.06. The van der Waals surface area contributed by atoms with Crippen molar-refractivity contribution >= 4 is 34.7 Å². The summed E-state index contributed by atoms with van der Waals surface area (Å²) in [7, 11) is 0. The number of hydrogen-bond donors (Lipinski definition) is 1. The highest BCUT2D eigenvalue weighted by Gasteiger charge is 2.18. The Morgan fingerprint density at radius 1 is 1.07 bits per heavy atom. The Morgan fingerprint density at radius 2 is 1.81 bits per heavy atom. The van der Waals surface area contributed by atoms with E-state index in [1.54, 1.807) is 22.7 Å². The first kappa shape index (κ1) is 17.8. The highest BCUT2D eigenvalue weighted by molar-refractivity contribution is 6.35. The fraction of sp³-hybridized carbons (Fsp3) is 0.222. The molecule has 4 aromatic rings. The zero-order valence-corrected chi connectivity index (χ0v) is 16.4. The summed E-state index contributed by atoms with van der Waals surface area (Å²) in [5.41, 5.74) is 3.23. The van der Waals surface area contributed by atoms with Crippen LogP contribution >= 0.6 is 23.2 Å². The van der Waals surface area contributed by atoms with Gasteiger partial charge in [-0.1, -0.05) is 28.4 Å². The Kier molecular flexibility index (Phi) is 4.49. The lowest BCUT2D eigenvalue weighted by Crippen LogP contribution is -2.11. The molecule has 138 valence electrons. The maximum atomic E-state index is 6.12. The second-order valence-corrected chi connectivity index (χ2v) is 7.15. The number of benzene rings is 1. The molecule has 9 heteroatoms. The number of aryl methyl sites for hydroxylation is 2. The number of nitrogens with zero attached hydrogens (tertiary/aromatic N) is 5. The molecule has 0 saturated carbocycles. The third-order valence-corrected chi connectivity index (χ3v) is 4.71. The van der Waals surface area contributed by atoms with Crippen LogP contribution in [0.15, 0.2) is 34.9 Å². The molecule has 0 saturated heterocycles. The molecule has 0 bridgehead atoms. The molecule has 3 aromatic heterocycles. The van der Waals surface area contributed by atoms with Crippen molar-refractivity contribution in [3.05, 3.63) is 57.4 Å². The number of anilines is 1. The molecule has 27 heavy (non-hydrogen) atoms. The van der Waals surface area contributed by atoms with E-state index >= 15 is 0 Å². The molecular formula is C18H16Cl2N6O. The number of hydrogen-bond acceptors (Lipinski definition) is 6. The Bertz CT molecular complexity index is 1100. The minimum Gasteiger partial charge on any atom is -0.362 e. The Morgan fingerprint density at radius 3 is 2.48 bits per heavy atom. The zero-order valence-electron chi connectivity index (χ0n) is 14.9. The van der Waals surface area contributed by atoms with Gasteiger partial charge >= 0.3 is 0 Å². The molecule has 0 aliphatic rings. The van der Waals surface area contributed by atoms with Gasteiger partial charge in [-0.25, -0.2) is 0 Å². The number of fused-ring (bicyclic) bond motifs is 1. The molecule has 0 spiro atoms. The van der Waals surface area contributed by atoms with E-state index in [1.165, 1.54) is 0 Å². The van der Waals surface area contributed by atoms with E-state index in [0.29, 0.717) is 27.3 Å². The average molecular weight is 403 g/mol. The third-order valence-electron chi connectivity index (χ3n) is 4.27. The van der Waals surface area contributed by atoms with Crippen molar-refractivity contribution in [3.8, 4) is 11.4 Å². The lowest BCUT2D eigenvalue weighted by Gasteiger charge is -2.14. The zero-order chi connectivity index (χ0) is 19.1. The van der Waals surface area contributed by atoms with E-state index in [-0.39, 0.29) is 6.04 Å². The van der Waals surface area contributed by atoms with E-state index in [2.05, 4.69) is 25.8 Å². The van der Waals surface area contributed by atoms with Gasteiger partial charge in [0.25, 0.3) is 0 Å². The normalized spacial score (nSPS) is 12.5. The van der Waals surface area contributed by atoms with Crippen LogP contribution in [-0.4, -0.2) is 25.0 Å². The standard InChI is InChI=1S/C18H16Cl2N6O/c1-9(17-10(2)25-27-11(17)3)21-15-4-5-16-22-23-18(26(16)24-15)12-6-13(19)8-14(20)7-12/h4-9H,1-3H3,(H,21,24). The maximum absolute atomic E-state index is 6.12. The van der Waals surface area contributed by atoms with Crippen LogP contribution in [-0.2, 0) is 0 Å². The van der Waals surface area contributed by atoms with Crippen LogP contribution in [0.2, 0.25) is 10.0 Å². The van der Waals surface area contributed by atoms with Crippen LogP contribution in [0.3, 0.4) is 0 Å². The number of rotatable bonds is 4. The van der Waals surface area contributed by atoms with Gasteiger partial charge in [0.15, 0.2) is 11.5 Å². The van der Waals surface area contributed by atoms with Gasteiger partial charge in [-0.2, -0.15) is 4.52 Å². The molecule has 0 radical (unpaired) electrons. The summed E-state index contributed by atoms with van der Waals surface area (Å²) >= 11 is 12.2. The van der Waals surface area contributed by atoms with E-state index < -0.39 is 0 Å². The third kappa shape index (κ3) is 3.36. The summed E-state index contributed by atoms with van der Waals surface area (Å²) in [6.07, 6.45) is 0. The van der Waals surface area contributed by atoms with Gasteiger partial charge in [-0.15, -0.1) is 15.3 Å². The van der Waals surface area contributed by atoms with E-state index in [1.807, 2.05) is 32.9 Å². The number of nitrogens with one attached hydrogen (secondary N) is 1. The largest absolute Gasteiger partial charge is 0.362 e. The Balaban J connectivity index is 1.72. The van der Waals surface area contributed by atoms with Crippen LogP contribution in [0.4, 0.5) is 5.82 Å². The molecule has 0 fully saturated rings. The van der Waals surface area contributed by atoms with E-state index in [4.69, 9.17) is 27.7 Å². The van der Waals surface area contributed by atoms with Crippen LogP contribution in [0.5, 0.6) is 0 Å². The van der Waals surface area contributed by atoms with E-state index in [0.717, 1.165) is 22.6 Å². The number of aromatic nitrogens is 5. The lowest BCUT2D eigenvalue weighted by atomic mass is 10.1. The van der Waals surface area contributed by atoms with Crippen LogP contribution in [0.1, 0.15) is 30.0 Å². The average Bonchev–Trinajstić information content (AvgIpc) is 3.16. The summed E-state index contributed by atoms with van der Waals surface area (Å²) in [6.45, 7) is 5.84.